The lowest BCUT2D eigenvalue weighted by atomic mass is 9.86. The molecule has 0 aromatic heterocycles. The quantitative estimate of drug-likeness (QED) is 0.0511. The number of aliphatic carboxylic acids is 1. The summed E-state index contributed by atoms with van der Waals surface area (Å²) in [7, 11) is 1.28. The number of benzene rings is 2. The molecule has 2 aromatic rings. The lowest BCUT2D eigenvalue weighted by Crippen LogP contribution is -2.29. The number of rotatable bonds is 18. The molecule has 6 N–H and O–H groups in total. The smallest absolute Gasteiger partial charge is 0.325 e. The van der Waals surface area contributed by atoms with Crippen LogP contribution in [0.4, 0.5) is 0 Å². The minimum absolute atomic E-state index is 0. The van der Waals surface area contributed by atoms with Gasteiger partial charge in [0.15, 0.2) is 0 Å². The first-order valence-electron chi connectivity index (χ1n) is 22.3. The molecule has 1 amide bonds. The highest BCUT2D eigenvalue weighted by atomic mass is 16.5. The van der Waals surface area contributed by atoms with Gasteiger partial charge in [0.1, 0.15) is 30.3 Å². The number of ether oxygens (including phenoxy) is 3. The van der Waals surface area contributed by atoms with E-state index in [1.54, 1.807) is 26.0 Å². The number of fused-ring (bicyclic) bond motifs is 6. The molecule has 12 nitrogen and oxygen atoms in total. The number of para-hydroxylation sites is 2. The van der Waals surface area contributed by atoms with E-state index in [0.29, 0.717) is 57.8 Å². The van der Waals surface area contributed by atoms with Gasteiger partial charge in [-0.25, -0.2) is 0 Å². The monoisotopic (exact) mass is 900 g/mol. The molecule has 0 bridgehead atoms. The molecule has 2 fully saturated rings. The number of carbonyl (C=O) groups is 3. The summed E-state index contributed by atoms with van der Waals surface area (Å²) in [5, 5.41) is 53.6. The van der Waals surface area contributed by atoms with Gasteiger partial charge < -0.3 is 45.1 Å². The second-order valence-corrected chi connectivity index (χ2v) is 17.2. The zero-order valence-electron chi connectivity index (χ0n) is 37.2. The number of aliphatic hydroxyl groups is 4. The molecule has 12 heteroatoms. The van der Waals surface area contributed by atoms with Crippen molar-refractivity contribution in [2.75, 3.05) is 13.7 Å². The lowest BCUT2D eigenvalue weighted by Gasteiger charge is -2.19. The number of hydrogen-bond donors (Lipinski definition) is 6. The highest BCUT2D eigenvalue weighted by molar-refractivity contribution is 5.81. The van der Waals surface area contributed by atoms with Crippen molar-refractivity contribution in [2.45, 2.75) is 155 Å². The van der Waals surface area contributed by atoms with Crippen molar-refractivity contribution in [3.8, 4) is 35.2 Å². The van der Waals surface area contributed by atoms with E-state index in [4.69, 9.17) is 14.6 Å². The predicted octanol–water partition coefficient (Wildman–Crippen LogP) is 7.05. The molecule has 2 aliphatic carbocycles. The van der Waals surface area contributed by atoms with Crippen molar-refractivity contribution in [3.05, 3.63) is 83.0 Å². The second kappa shape index (κ2) is 26.1. The zero-order valence-corrected chi connectivity index (χ0v) is 37.2. The first kappa shape index (κ1) is 54.2. The fourth-order valence-electron chi connectivity index (χ4n) is 9.16. The first-order valence-corrected chi connectivity index (χ1v) is 22.3. The highest BCUT2D eigenvalue weighted by Crippen LogP contribution is 2.53. The summed E-state index contributed by atoms with van der Waals surface area (Å²) in [5.41, 5.74) is 4.22. The summed E-state index contributed by atoms with van der Waals surface area (Å²) in [6.45, 7) is 7.38. The van der Waals surface area contributed by atoms with E-state index >= 15 is 0 Å². The van der Waals surface area contributed by atoms with Crippen molar-refractivity contribution in [2.24, 2.45) is 23.7 Å². The highest BCUT2D eigenvalue weighted by Gasteiger charge is 2.50. The molecule has 4 aliphatic rings. The maximum atomic E-state index is 11.9. The van der Waals surface area contributed by atoms with Crippen molar-refractivity contribution in [1.29, 1.82) is 0 Å². The van der Waals surface area contributed by atoms with Crippen LogP contribution in [0.25, 0.3) is 0 Å². The van der Waals surface area contributed by atoms with E-state index in [-0.39, 0.29) is 81.4 Å². The normalized spacial score (nSPS) is 24.8. The maximum Gasteiger partial charge on any atom is 0.325 e. The van der Waals surface area contributed by atoms with Gasteiger partial charge in [-0.2, -0.15) is 0 Å². The summed E-state index contributed by atoms with van der Waals surface area (Å²) in [6, 6.07) is 12.0. The van der Waals surface area contributed by atoms with Crippen LogP contribution in [0.3, 0.4) is 0 Å². The van der Waals surface area contributed by atoms with Crippen molar-refractivity contribution in [1.82, 2.24) is 5.32 Å². The van der Waals surface area contributed by atoms with Crippen LogP contribution in [0, 0.1) is 47.4 Å². The van der Waals surface area contributed by atoms with Gasteiger partial charge in [0.25, 0.3) is 0 Å². The SMILES string of the molecule is C.C.CC#CC[C@H](C)[C@H](O)/C=C/[C@@H]1[C@H]2c3cccc(CCCC(=O)NCC(=O)OC)c3O[C@H]2C[C@H]1O.CC#CC[C@H](C)[C@H](O)/C=C/[C@@H]1[C@H]2c3cccc(CCCC(=O)O)c3O[C@H]2C[C@H]1O. The van der Waals surface area contributed by atoms with E-state index in [1.165, 1.54) is 7.11 Å². The Morgan fingerprint density at radius 3 is 1.63 bits per heavy atom. The van der Waals surface area contributed by atoms with E-state index in [0.717, 1.165) is 33.8 Å². The van der Waals surface area contributed by atoms with Crippen LogP contribution < -0.4 is 14.8 Å². The van der Waals surface area contributed by atoms with Gasteiger partial charge >= 0.3 is 11.9 Å². The number of carboxylic acids is 1. The molecule has 356 valence electrons. The number of hydrogen-bond acceptors (Lipinski definition) is 10. The molecule has 65 heavy (non-hydrogen) atoms. The minimum Gasteiger partial charge on any atom is -0.489 e. The first-order chi connectivity index (χ1) is 30.3. The molecule has 0 unspecified atom stereocenters. The summed E-state index contributed by atoms with van der Waals surface area (Å²) in [5.74, 6) is 11.8. The molecule has 2 heterocycles. The second-order valence-electron chi connectivity index (χ2n) is 17.2. The van der Waals surface area contributed by atoms with Gasteiger partial charge in [-0.15, -0.1) is 23.7 Å². The number of esters is 1. The van der Waals surface area contributed by atoms with Crippen LogP contribution in [0.2, 0.25) is 0 Å². The molecule has 2 saturated carbocycles. The number of nitrogens with one attached hydrogen (secondary N) is 1. The third kappa shape index (κ3) is 14.2. The van der Waals surface area contributed by atoms with Crippen molar-refractivity contribution < 1.29 is 54.1 Å². The molecule has 2 aliphatic heterocycles. The number of carboxylic acid groups (broad SMARTS) is 1. The summed E-state index contributed by atoms with van der Waals surface area (Å²) < 4.78 is 17.0. The summed E-state index contributed by atoms with van der Waals surface area (Å²) in [6.07, 6.45) is 10.3. The number of methoxy groups -OCH3 is 1. The van der Waals surface area contributed by atoms with Crippen LogP contribution in [0.1, 0.15) is 128 Å². The summed E-state index contributed by atoms with van der Waals surface area (Å²) >= 11 is 0. The minimum atomic E-state index is -0.790. The standard InChI is InChI=1S/C27H35NO6.C24H30O5.2CH4/c1-4-5-8-17(2)21(29)14-13-19-22(30)15-23-26(19)20-11-6-9-18(27(20)34-23)10-7-12-24(31)28-16-25(32)33-3;1-3-4-7-15(2)19(25)13-12-17-20(26)14-21-23(17)18-10-5-8-16(24(18)29-21)9-6-11-22(27)28;;/h6,9,11,13-14,17,19,21-23,26,29-30H,7-8,10,12,15-16H2,1-3H3,(H,28,31);5,8,10,12-13,15,17,19-21,23,25-26H,6-7,9,11,14H2,1-2H3,(H,27,28);2*1H4/b14-13+;13-12+;;/t17-,19-,21+,22+,23-,26-;15-,17-,19+,20+,21-,23-;;/m00../s1. The molecule has 0 radical (unpaired) electrons. The lowest BCUT2D eigenvalue weighted by molar-refractivity contribution is -0.141. The zero-order chi connectivity index (χ0) is 45.6. The topological polar surface area (TPSA) is 192 Å². The third-order valence-corrected chi connectivity index (χ3v) is 12.8. The molecule has 2 aromatic carbocycles. The average Bonchev–Trinajstić information content (AvgIpc) is 3.99. The van der Waals surface area contributed by atoms with Crippen LogP contribution in [-0.4, -0.2) is 93.7 Å². The molecule has 0 saturated heterocycles. The third-order valence-electron chi connectivity index (χ3n) is 12.8. The van der Waals surface area contributed by atoms with Gasteiger partial charge in [-0.3, -0.25) is 14.4 Å². The number of amides is 1. The number of carbonyl (C=O) groups excluding carboxylic acids is 2. The van der Waals surface area contributed by atoms with Crippen LogP contribution >= 0.6 is 0 Å². The van der Waals surface area contributed by atoms with Gasteiger partial charge in [0.2, 0.25) is 5.91 Å². The van der Waals surface area contributed by atoms with Gasteiger partial charge in [0, 0.05) is 73.3 Å². The molecular weight excluding hydrogens is 827 g/mol. The maximum absolute atomic E-state index is 11.9. The molecule has 12 atom stereocenters. The van der Waals surface area contributed by atoms with Crippen LogP contribution in [0.5, 0.6) is 11.5 Å². The van der Waals surface area contributed by atoms with Crippen molar-refractivity contribution in [3.63, 3.8) is 0 Å². The fourth-order valence-corrected chi connectivity index (χ4v) is 9.16. The predicted molar refractivity (Wildman–Crippen MR) is 252 cm³/mol. The Morgan fingerprint density at radius 2 is 1.22 bits per heavy atom. The fraction of sp³-hybridized carbons (Fsp3) is 0.566. The summed E-state index contributed by atoms with van der Waals surface area (Å²) in [4.78, 5) is 33.9. The largest absolute Gasteiger partial charge is 0.489 e. The molecular formula is C53H73NO11. The van der Waals surface area contributed by atoms with E-state index in [2.05, 4.69) is 33.7 Å². The number of aryl methyl sites for hydroxylation is 2. The van der Waals surface area contributed by atoms with E-state index in [9.17, 15) is 34.8 Å². The Kier molecular flexibility index (Phi) is 21.8. The molecule has 6 rings (SSSR count). The Bertz CT molecular complexity index is 2070. The Balaban J connectivity index is 0.000000339. The van der Waals surface area contributed by atoms with Gasteiger partial charge in [-0.1, -0.05) is 89.4 Å². The van der Waals surface area contributed by atoms with Crippen LogP contribution in [-0.2, 0) is 32.0 Å². The Hall–Kier alpha value is -5.11. The van der Waals surface area contributed by atoms with E-state index < -0.39 is 36.4 Å². The molecule has 0 spiro atoms. The van der Waals surface area contributed by atoms with Crippen LogP contribution in [0.15, 0.2) is 60.7 Å². The van der Waals surface area contributed by atoms with Crippen molar-refractivity contribution >= 4 is 17.8 Å². The van der Waals surface area contributed by atoms with Gasteiger partial charge in [-0.05, 0) is 62.5 Å². The Labute approximate surface area is 386 Å². The van der Waals surface area contributed by atoms with Gasteiger partial charge in [0.05, 0.1) is 31.5 Å². The number of aliphatic hydroxyl groups excluding tert-OH is 4. The van der Waals surface area contributed by atoms with E-state index in [1.807, 2.05) is 62.4 Å². The Morgan fingerprint density at radius 1 is 0.769 bits per heavy atom. The average molecular weight is 900 g/mol.